The molecule has 2 rings (SSSR count). The summed E-state index contributed by atoms with van der Waals surface area (Å²) < 4.78 is 11.3. The van der Waals surface area contributed by atoms with E-state index in [1.807, 2.05) is 24.3 Å². The zero-order valence-corrected chi connectivity index (χ0v) is 16.4. The fraction of sp³-hybridized carbons (Fsp3) is 0.381. The molecule has 0 amide bonds. The lowest BCUT2D eigenvalue weighted by atomic mass is 9.87. The number of pyridine rings is 1. The van der Waals surface area contributed by atoms with E-state index in [0.29, 0.717) is 5.75 Å². The summed E-state index contributed by atoms with van der Waals surface area (Å²) in [6, 6.07) is 10.5. The number of aliphatic hydroxyl groups excluding tert-OH is 1. The Hall–Kier alpha value is -3.11. The van der Waals surface area contributed by atoms with E-state index < -0.39 is 17.6 Å². The summed E-state index contributed by atoms with van der Waals surface area (Å²) in [6.45, 7) is 6.16. The van der Waals surface area contributed by atoms with Crippen LogP contribution in [0.15, 0.2) is 41.3 Å². The molecule has 0 fully saturated rings. The van der Waals surface area contributed by atoms with Gasteiger partial charge in [-0.1, -0.05) is 32.9 Å². The van der Waals surface area contributed by atoms with Crippen LogP contribution < -0.4 is 10.3 Å². The molecule has 1 atom stereocenters. The number of carbonyl (C=O) groups is 1. The van der Waals surface area contributed by atoms with Gasteiger partial charge in [-0.3, -0.25) is 4.79 Å². The lowest BCUT2D eigenvalue weighted by Gasteiger charge is -2.19. The fourth-order valence-electron chi connectivity index (χ4n) is 2.60. The molecule has 1 aromatic carbocycles. The van der Waals surface area contributed by atoms with Gasteiger partial charge in [0.15, 0.2) is 0 Å². The van der Waals surface area contributed by atoms with E-state index in [0.717, 1.165) is 10.1 Å². The van der Waals surface area contributed by atoms with Gasteiger partial charge in [-0.15, -0.1) is 0 Å². The van der Waals surface area contributed by atoms with Gasteiger partial charge in [-0.05, 0) is 29.2 Å². The number of hydrogen-bond donors (Lipinski definition) is 1. The van der Waals surface area contributed by atoms with Crippen LogP contribution in [0, 0.1) is 11.3 Å². The lowest BCUT2D eigenvalue weighted by Crippen LogP contribution is -2.32. The Bertz CT molecular complexity index is 933. The number of hydrogen-bond acceptors (Lipinski definition) is 6. The molecule has 0 aliphatic rings. The van der Waals surface area contributed by atoms with Crippen LogP contribution in [-0.2, 0) is 16.7 Å². The lowest BCUT2D eigenvalue weighted by molar-refractivity contribution is 0.0597. The zero-order valence-electron chi connectivity index (χ0n) is 16.4. The van der Waals surface area contributed by atoms with Gasteiger partial charge in [0.05, 0.1) is 19.2 Å². The number of benzene rings is 1. The quantitative estimate of drug-likeness (QED) is 0.767. The molecule has 0 aliphatic carbocycles. The van der Waals surface area contributed by atoms with Crippen LogP contribution in [0.2, 0.25) is 0 Å². The van der Waals surface area contributed by atoms with Crippen molar-refractivity contribution in [2.24, 2.45) is 0 Å². The monoisotopic (exact) mass is 384 g/mol. The smallest absolute Gasteiger partial charge is 0.339 e. The predicted octanol–water partition coefficient (Wildman–Crippen LogP) is 2.24. The summed E-state index contributed by atoms with van der Waals surface area (Å²) in [7, 11) is 1.21. The highest BCUT2D eigenvalue weighted by molar-refractivity contribution is 5.89. The molecular formula is C21H24N2O5. The van der Waals surface area contributed by atoms with E-state index >= 15 is 0 Å². The Morgan fingerprint density at radius 3 is 2.46 bits per heavy atom. The van der Waals surface area contributed by atoms with Crippen LogP contribution in [0.5, 0.6) is 5.75 Å². The summed E-state index contributed by atoms with van der Waals surface area (Å²) in [5.74, 6) is -0.0737. The van der Waals surface area contributed by atoms with Gasteiger partial charge in [0.2, 0.25) is 0 Å². The number of aromatic nitrogens is 1. The molecule has 7 nitrogen and oxygen atoms in total. The highest BCUT2D eigenvalue weighted by Crippen LogP contribution is 2.24. The largest absolute Gasteiger partial charge is 0.491 e. The summed E-state index contributed by atoms with van der Waals surface area (Å²) in [5.41, 5.74) is 0.458. The first kappa shape index (κ1) is 21.2. The molecule has 0 saturated heterocycles. The molecule has 28 heavy (non-hydrogen) atoms. The molecule has 148 valence electrons. The maximum Gasteiger partial charge on any atom is 0.339 e. The van der Waals surface area contributed by atoms with E-state index in [9.17, 15) is 14.7 Å². The van der Waals surface area contributed by atoms with Crippen LogP contribution in [0.4, 0.5) is 0 Å². The Morgan fingerprint density at radius 1 is 1.29 bits per heavy atom. The first-order valence-corrected chi connectivity index (χ1v) is 8.80. The second kappa shape index (κ2) is 8.72. The molecule has 2 aromatic rings. The molecule has 0 saturated carbocycles. The van der Waals surface area contributed by atoms with Crippen LogP contribution in [0.1, 0.15) is 42.3 Å². The zero-order chi connectivity index (χ0) is 20.9. The minimum absolute atomic E-state index is 0.0301. The Kier molecular flexibility index (Phi) is 6.60. The second-order valence-electron chi connectivity index (χ2n) is 7.44. The molecule has 7 heteroatoms. The molecule has 0 spiro atoms. The second-order valence-corrected chi connectivity index (χ2v) is 7.44. The summed E-state index contributed by atoms with van der Waals surface area (Å²) in [6.07, 6.45) is 0.246. The standard InChI is InChI=1S/C21H24N2O5/c1-21(2,3)16-5-7-18(8-6-16)28-13-17(24)12-23-11-15(20(26)27-4)9-14(10-22)19(23)25/h5-9,11,17,24H,12-13H2,1-4H3/t17-/m0/s1. The van der Waals surface area contributed by atoms with Crippen LogP contribution in [0.3, 0.4) is 0 Å². The van der Waals surface area contributed by atoms with Crippen molar-refractivity contribution in [3.05, 3.63) is 63.6 Å². The third kappa shape index (κ3) is 5.21. The van der Waals surface area contributed by atoms with E-state index in [1.165, 1.54) is 19.4 Å². The van der Waals surface area contributed by atoms with Crippen molar-refractivity contribution in [1.29, 1.82) is 5.26 Å². The van der Waals surface area contributed by atoms with Crippen LogP contribution in [-0.4, -0.2) is 35.5 Å². The molecular weight excluding hydrogens is 360 g/mol. The van der Waals surface area contributed by atoms with Gasteiger partial charge in [-0.2, -0.15) is 5.26 Å². The molecule has 0 unspecified atom stereocenters. The maximum atomic E-state index is 12.2. The minimum atomic E-state index is -1.01. The van der Waals surface area contributed by atoms with Crippen molar-refractivity contribution in [1.82, 2.24) is 4.57 Å². The van der Waals surface area contributed by atoms with E-state index in [4.69, 9.17) is 10.00 Å². The highest BCUT2D eigenvalue weighted by Gasteiger charge is 2.16. The molecule has 0 bridgehead atoms. The van der Waals surface area contributed by atoms with Crippen LogP contribution in [0.25, 0.3) is 0 Å². The summed E-state index contributed by atoms with van der Waals surface area (Å²) >= 11 is 0. The number of methoxy groups -OCH3 is 1. The van der Waals surface area contributed by atoms with Gasteiger partial charge in [0.1, 0.15) is 30.1 Å². The molecule has 0 aliphatic heterocycles. The summed E-state index contributed by atoms with van der Waals surface area (Å²) in [4.78, 5) is 23.9. The fourth-order valence-corrected chi connectivity index (χ4v) is 2.60. The van der Waals surface area contributed by atoms with E-state index in [-0.39, 0.29) is 29.7 Å². The third-order valence-corrected chi connectivity index (χ3v) is 4.20. The van der Waals surface area contributed by atoms with Crippen molar-refractivity contribution in [2.75, 3.05) is 13.7 Å². The SMILES string of the molecule is COC(=O)c1cc(C#N)c(=O)n(C[C@H](O)COc2ccc(C(C)(C)C)cc2)c1. The summed E-state index contributed by atoms with van der Waals surface area (Å²) in [5, 5.41) is 19.3. The number of nitrogens with zero attached hydrogens (tertiary/aromatic N) is 2. The van der Waals surface area contributed by atoms with Crippen molar-refractivity contribution >= 4 is 5.97 Å². The Balaban J connectivity index is 2.08. The predicted molar refractivity (Wildman–Crippen MR) is 103 cm³/mol. The number of esters is 1. The van der Waals surface area contributed by atoms with Gasteiger partial charge in [0, 0.05) is 6.20 Å². The van der Waals surface area contributed by atoms with Crippen molar-refractivity contribution in [2.45, 2.75) is 38.8 Å². The highest BCUT2D eigenvalue weighted by atomic mass is 16.5. The van der Waals surface area contributed by atoms with Gasteiger partial charge >= 0.3 is 5.97 Å². The van der Waals surface area contributed by atoms with Crippen LogP contribution >= 0.6 is 0 Å². The number of rotatable bonds is 6. The molecule has 1 heterocycles. The van der Waals surface area contributed by atoms with Crippen molar-refractivity contribution in [3.63, 3.8) is 0 Å². The Labute approximate surface area is 163 Å². The van der Waals surface area contributed by atoms with E-state index in [1.54, 1.807) is 6.07 Å². The average Bonchev–Trinajstić information content (AvgIpc) is 2.67. The first-order valence-electron chi connectivity index (χ1n) is 8.80. The van der Waals surface area contributed by atoms with Crippen molar-refractivity contribution in [3.8, 4) is 11.8 Å². The van der Waals surface area contributed by atoms with Gasteiger partial charge in [-0.25, -0.2) is 4.79 Å². The number of aliphatic hydroxyl groups is 1. The molecule has 0 radical (unpaired) electrons. The first-order chi connectivity index (χ1) is 13.2. The molecule has 1 N–H and O–H groups in total. The van der Waals surface area contributed by atoms with Gasteiger partial charge < -0.3 is 19.1 Å². The number of ether oxygens (including phenoxy) is 2. The Morgan fingerprint density at radius 2 is 1.93 bits per heavy atom. The topological polar surface area (TPSA) is 102 Å². The average molecular weight is 384 g/mol. The number of carbonyl (C=O) groups excluding carboxylic acids is 1. The van der Waals surface area contributed by atoms with Gasteiger partial charge in [0.25, 0.3) is 5.56 Å². The van der Waals surface area contributed by atoms with E-state index in [2.05, 4.69) is 25.5 Å². The maximum absolute atomic E-state index is 12.2. The van der Waals surface area contributed by atoms with Crippen molar-refractivity contribution < 1.29 is 19.4 Å². The number of nitriles is 1. The third-order valence-electron chi connectivity index (χ3n) is 4.20. The normalized spacial score (nSPS) is 12.1. The minimum Gasteiger partial charge on any atom is -0.491 e. The molecule has 1 aromatic heterocycles.